The Morgan fingerprint density at radius 1 is 1.17 bits per heavy atom. The Bertz CT molecular complexity index is 859. The van der Waals surface area contributed by atoms with Crippen molar-refractivity contribution >= 4 is 23.2 Å². The van der Waals surface area contributed by atoms with E-state index in [1.165, 1.54) is 16.0 Å². The smallest absolute Gasteiger partial charge is 0.229 e. The van der Waals surface area contributed by atoms with Gasteiger partial charge in [0.1, 0.15) is 0 Å². The van der Waals surface area contributed by atoms with Crippen molar-refractivity contribution in [3.63, 3.8) is 0 Å². The first-order valence-corrected chi connectivity index (χ1v) is 11.3. The number of primary amides is 1. The van der Waals surface area contributed by atoms with Crippen LogP contribution in [0.4, 0.5) is 0 Å². The van der Waals surface area contributed by atoms with Gasteiger partial charge < -0.3 is 15.4 Å². The van der Waals surface area contributed by atoms with Crippen LogP contribution in [0, 0.1) is 11.3 Å². The summed E-state index contributed by atoms with van der Waals surface area (Å²) >= 11 is 1.72. The van der Waals surface area contributed by atoms with E-state index in [1.807, 2.05) is 11.0 Å². The zero-order valence-corrected chi connectivity index (χ0v) is 17.5. The van der Waals surface area contributed by atoms with E-state index in [-0.39, 0.29) is 17.7 Å². The predicted molar refractivity (Wildman–Crippen MR) is 114 cm³/mol. The van der Waals surface area contributed by atoms with E-state index in [2.05, 4.69) is 35.7 Å². The lowest BCUT2D eigenvalue weighted by molar-refractivity contribution is -0.150. The number of nitrogens with two attached hydrogens (primary N) is 1. The lowest BCUT2D eigenvalue weighted by Gasteiger charge is -2.42. The maximum absolute atomic E-state index is 13.8. The molecule has 3 heterocycles. The highest BCUT2D eigenvalue weighted by atomic mass is 32.1. The van der Waals surface area contributed by atoms with Crippen molar-refractivity contribution in [2.24, 2.45) is 17.1 Å². The molecule has 0 unspecified atom stereocenters. The number of carbonyl (C=O) groups excluding carboxylic acids is 2. The minimum atomic E-state index is -0.481. The Kier molecular flexibility index (Phi) is 6.01. The van der Waals surface area contributed by atoms with Crippen molar-refractivity contribution in [3.8, 4) is 10.4 Å². The Labute approximate surface area is 175 Å². The Morgan fingerprint density at radius 3 is 2.69 bits per heavy atom. The summed E-state index contributed by atoms with van der Waals surface area (Å²) in [6.45, 7) is 2.35. The van der Waals surface area contributed by atoms with E-state index < -0.39 is 5.41 Å². The van der Waals surface area contributed by atoms with Crippen molar-refractivity contribution in [1.29, 1.82) is 0 Å². The van der Waals surface area contributed by atoms with Gasteiger partial charge in [-0.3, -0.25) is 9.59 Å². The van der Waals surface area contributed by atoms with E-state index in [1.54, 1.807) is 11.3 Å². The Balaban J connectivity index is 1.63. The molecule has 1 atom stereocenters. The van der Waals surface area contributed by atoms with Crippen molar-refractivity contribution in [3.05, 3.63) is 47.3 Å². The number of rotatable bonds is 5. The summed E-state index contributed by atoms with van der Waals surface area (Å²) in [6.07, 6.45) is 3.72. The van der Waals surface area contributed by atoms with Crippen molar-refractivity contribution in [1.82, 2.24) is 4.90 Å². The summed E-state index contributed by atoms with van der Waals surface area (Å²) in [6, 6.07) is 12.6. The fourth-order valence-corrected chi connectivity index (χ4v) is 5.46. The number of piperidine rings is 1. The third-order valence-corrected chi connectivity index (χ3v) is 7.25. The number of hydrogen-bond acceptors (Lipinski definition) is 4. The molecule has 0 bridgehead atoms. The van der Waals surface area contributed by atoms with Gasteiger partial charge in [0.15, 0.2) is 0 Å². The molecule has 0 spiro atoms. The molecule has 2 fully saturated rings. The average molecular weight is 413 g/mol. The molecule has 1 aromatic carbocycles. The van der Waals surface area contributed by atoms with Gasteiger partial charge in [0.25, 0.3) is 0 Å². The number of nitrogens with zero attached hydrogens (tertiary/aromatic N) is 1. The highest BCUT2D eigenvalue weighted by molar-refractivity contribution is 7.13. The predicted octanol–water partition coefficient (Wildman–Crippen LogP) is 3.48. The minimum Gasteiger partial charge on any atom is -0.381 e. The zero-order valence-electron chi connectivity index (χ0n) is 16.6. The highest BCUT2D eigenvalue weighted by Crippen LogP contribution is 2.40. The maximum Gasteiger partial charge on any atom is 0.229 e. The van der Waals surface area contributed by atoms with Gasteiger partial charge in [-0.2, -0.15) is 0 Å². The number of carbonyl (C=O) groups is 2. The van der Waals surface area contributed by atoms with E-state index in [0.717, 1.165) is 12.8 Å². The van der Waals surface area contributed by atoms with Gasteiger partial charge in [-0.25, -0.2) is 0 Å². The molecule has 1 aromatic heterocycles. The number of amides is 2. The van der Waals surface area contributed by atoms with Crippen LogP contribution in [0.2, 0.25) is 0 Å². The van der Waals surface area contributed by atoms with Crippen LogP contribution in [0.3, 0.4) is 0 Å². The third kappa shape index (κ3) is 4.23. The van der Waals surface area contributed by atoms with Crippen LogP contribution < -0.4 is 5.73 Å². The van der Waals surface area contributed by atoms with Crippen LogP contribution in [0.5, 0.6) is 0 Å². The topological polar surface area (TPSA) is 72.6 Å². The Morgan fingerprint density at radius 2 is 1.97 bits per heavy atom. The molecular formula is C23H28N2O3S. The first kappa shape index (κ1) is 20.1. The highest BCUT2D eigenvalue weighted by Gasteiger charge is 2.44. The second kappa shape index (κ2) is 8.67. The van der Waals surface area contributed by atoms with Crippen LogP contribution in [0.25, 0.3) is 10.4 Å². The third-order valence-electron chi connectivity index (χ3n) is 6.35. The van der Waals surface area contributed by atoms with Crippen LogP contribution in [0.1, 0.15) is 31.2 Å². The second-order valence-corrected chi connectivity index (χ2v) is 9.14. The SMILES string of the molecule is NC(=O)[C@H]1CCCN(C(=O)C2(Cc3ccccc3-c3cccs3)CCOCC2)C1. The number of hydrogen-bond donors (Lipinski definition) is 1. The molecule has 2 saturated heterocycles. The van der Waals surface area contributed by atoms with Gasteiger partial charge >= 0.3 is 0 Å². The molecular weight excluding hydrogens is 384 g/mol. The molecule has 29 heavy (non-hydrogen) atoms. The standard InChI is InChI=1S/C23H28N2O3S/c24-21(26)18-6-3-11-25(16-18)22(27)23(9-12-28-13-10-23)15-17-5-1-2-7-19(17)20-8-4-14-29-20/h1-2,4-5,7-8,14,18H,3,6,9-13,15-16H2,(H2,24,26)/t18-/m0/s1. The van der Waals surface area contributed by atoms with Gasteiger partial charge in [0, 0.05) is 31.2 Å². The molecule has 0 radical (unpaired) electrons. The summed E-state index contributed by atoms with van der Waals surface area (Å²) < 4.78 is 5.62. The van der Waals surface area contributed by atoms with Gasteiger partial charge in [-0.15, -0.1) is 11.3 Å². The number of likely N-dealkylation sites (tertiary alicyclic amines) is 1. The number of benzene rings is 1. The van der Waals surface area contributed by atoms with E-state index in [4.69, 9.17) is 10.5 Å². The average Bonchev–Trinajstić information content (AvgIpc) is 3.29. The van der Waals surface area contributed by atoms with Gasteiger partial charge in [0.2, 0.25) is 11.8 Å². The minimum absolute atomic E-state index is 0.160. The summed E-state index contributed by atoms with van der Waals surface area (Å²) in [7, 11) is 0. The first-order valence-electron chi connectivity index (χ1n) is 10.4. The fourth-order valence-electron chi connectivity index (χ4n) is 4.67. The molecule has 0 saturated carbocycles. The molecule has 2 aliphatic heterocycles. The molecule has 6 heteroatoms. The first-order chi connectivity index (χ1) is 14.1. The van der Waals surface area contributed by atoms with Crippen LogP contribution in [-0.2, 0) is 20.7 Å². The van der Waals surface area contributed by atoms with Crippen molar-refractivity contribution < 1.29 is 14.3 Å². The van der Waals surface area contributed by atoms with Crippen LogP contribution in [0.15, 0.2) is 41.8 Å². The molecule has 2 aliphatic rings. The lowest BCUT2D eigenvalue weighted by Crippen LogP contribution is -2.52. The molecule has 4 rings (SSSR count). The summed E-state index contributed by atoms with van der Waals surface area (Å²) in [5.41, 5.74) is 7.47. The molecule has 2 amide bonds. The monoisotopic (exact) mass is 412 g/mol. The summed E-state index contributed by atoms with van der Waals surface area (Å²) in [4.78, 5) is 28.6. The molecule has 2 N–H and O–H groups in total. The molecule has 5 nitrogen and oxygen atoms in total. The van der Waals surface area contributed by atoms with Gasteiger partial charge in [0.05, 0.1) is 11.3 Å². The molecule has 2 aromatic rings. The zero-order chi connectivity index (χ0) is 20.3. The van der Waals surface area contributed by atoms with Crippen LogP contribution in [-0.4, -0.2) is 43.0 Å². The second-order valence-electron chi connectivity index (χ2n) is 8.20. The lowest BCUT2D eigenvalue weighted by atomic mass is 9.72. The van der Waals surface area contributed by atoms with Crippen molar-refractivity contribution in [2.45, 2.75) is 32.1 Å². The quantitative estimate of drug-likeness (QED) is 0.817. The van der Waals surface area contributed by atoms with Crippen LogP contribution >= 0.6 is 11.3 Å². The van der Waals surface area contributed by atoms with Crippen molar-refractivity contribution in [2.75, 3.05) is 26.3 Å². The fraction of sp³-hybridized carbons (Fsp3) is 0.478. The van der Waals surface area contributed by atoms with E-state index >= 15 is 0 Å². The summed E-state index contributed by atoms with van der Waals surface area (Å²) in [5, 5.41) is 2.08. The maximum atomic E-state index is 13.8. The largest absolute Gasteiger partial charge is 0.381 e. The number of thiophene rings is 1. The Hall–Kier alpha value is -2.18. The van der Waals surface area contributed by atoms with Gasteiger partial charge in [-0.05, 0) is 54.7 Å². The molecule has 0 aliphatic carbocycles. The normalized spacial score (nSPS) is 21.7. The van der Waals surface area contributed by atoms with E-state index in [9.17, 15) is 9.59 Å². The molecule has 154 valence electrons. The van der Waals surface area contributed by atoms with E-state index in [0.29, 0.717) is 45.6 Å². The summed E-state index contributed by atoms with van der Waals surface area (Å²) in [5.74, 6) is -0.373. The van der Waals surface area contributed by atoms with Gasteiger partial charge in [-0.1, -0.05) is 30.3 Å². The number of ether oxygens (including phenoxy) is 1.